The van der Waals surface area contributed by atoms with Crippen LogP contribution in [0.1, 0.15) is 52.9 Å². The molecule has 0 spiro atoms. The molecule has 1 aliphatic carbocycles. The highest BCUT2D eigenvalue weighted by molar-refractivity contribution is 6.70. The third-order valence-electron chi connectivity index (χ3n) is 4.73. The fourth-order valence-corrected chi connectivity index (χ4v) is 4.18. The lowest BCUT2D eigenvalue weighted by Crippen LogP contribution is -2.28. The number of carbonyl (C=O) groups is 1. The van der Waals surface area contributed by atoms with Crippen LogP contribution < -0.4 is 0 Å². The first-order chi connectivity index (χ1) is 13.1. The van der Waals surface area contributed by atoms with Gasteiger partial charge in [0.15, 0.2) is 0 Å². The van der Waals surface area contributed by atoms with E-state index in [1.54, 1.807) is 24.3 Å². The lowest BCUT2D eigenvalue weighted by molar-refractivity contribution is 0.0696. The van der Waals surface area contributed by atoms with Crippen molar-refractivity contribution in [2.75, 3.05) is 0 Å². The van der Waals surface area contributed by atoms with Gasteiger partial charge in [0.1, 0.15) is 5.76 Å². The molecular formula is C24H26O3Si. The summed E-state index contributed by atoms with van der Waals surface area (Å²) in [5, 5.41) is 9.33. The van der Waals surface area contributed by atoms with Crippen molar-refractivity contribution in [2.24, 2.45) is 0 Å². The van der Waals surface area contributed by atoms with Crippen molar-refractivity contribution < 1.29 is 14.3 Å². The molecule has 0 aliphatic heterocycles. The van der Waals surface area contributed by atoms with Crippen LogP contribution in [-0.4, -0.2) is 19.4 Å². The molecule has 2 aromatic rings. The summed E-state index contributed by atoms with van der Waals surface area (Å²) in [6.07, 6.45) is 3.13. The van der Waals surface area contributed by atoms with Crippen LogP contribution in [0.25, 0.3) is 5.76 Å². The van der Waals surface area contributed by atoms with Crippen molar-refractivity contribution in [3.63, 3.8) is 0 Å². The fraction of sp³-hybridized carbons (Fsp3) is 0.292. The van der Waals surface area contributed by atoms with E-state index in [1.165, 1.54) is 5.56 Å². The van der Waals surface area contributed by atoms with Crippen LogP contribution >= 0.6 is 0 Å². The predicted octanol–water partition coefficient (Wildman–Crippen LogP) is 5.66. The minimum absolute atomic E-state index is 0.0451. The molecule has 0 fully saturated rings. The van der Waals surface area contributed by atoms with E-state index in [-0.39, 0.29) is 11.0 Å². The molecule has 0 bridgehead atoms. The third kappa shape index (κ3) is 4.37. The van der Waals surface area contributed by atoms with E-state index in [2.05, 4.69) is 63.5 Å². The van der Waals surface area contributed by atoms with Crippen molar-refractivity contribution in [3.05, 3.63) is 76.4 Å². The van der Waals surface area contributed by atoms with Crippen molar-refractivity contribution in [2.45, 2.75) is 45.3 Å². The van der Waals surface area contributed by atoms with E-state index in [1.807, 2.05) is 6.07 Å². The van der Waals surface area contributed by atoms with Crippen LogP contribution in [0.3, 0.4) is 0 Å². The molecule has 0 heterocycles. The monoisotopic (exact) mass is 390 g/mol. The number of hydrogen-bond acceptors (Lipinski definition) is 2. The van der Waals surface area contributed by atoms with Crippen LogP contribution in [0, 0.1) is 11.8 Å². The second-order valence-electron chi connectivity index (χ2n) is 8.73. The Balaban J connectivity index is 2.03. The Kier molecular flexibility index (Phi) is 5.23. The summed E-state index contributed by atoms with van der Waals surface area (Å²) in [5.74, 6) is 6.13. The van der Waals surface area contributed by atoms with Crippen LogP contribution in [0.4, 0.5) is 0 Å². The molecule has 2 aromatic carbocycles. The first kappa shape index (κ1) is 20.0. The highest BCUT2D eigenvalue weighted by Gasteiger charge is 2.30. The van der Waals surface area contributed by atoms with Gasteiger partial charge in [0.25, 0.3) is 0 Å². The Morgan fingerprint density at radius 3 is 2.50 bits per heavy atom. The minimum Gasteiger partial charge on any atom is -0.544 e. The van der Waals surface area contributed by atoms with Crippen LogP contribution in [0.5, 0.6) is 0 Å². The molecule has 0 unspecified atom stereocenters. The molecule has 0 radical (unpaired) electrons. The molecule has 28 heavy (non-hydrogen) atoms. The molecule has 144 valence electrons. The minimum atomic E-state index is -1.74. The van der Waals surface area contributed by atoms with E-state index >= 15 is 0 Å². The molecular weight excluding hydrogens is 364 g/mol. The summed E-state index contributed by atoms with van der Waals surface area (Å²) < 4.78 is 6.34. The van der Waals surface area contributed by atoms with Crippen LogP contribution in [0.15, 0.2) is 48.5 Å². The Bertz CT molecular complexity index is 1010. The van der Waals surface area contributed by atoms with Gasteiger partial charge in [0.2, 0.25) is 8.32 Å². The van der Waals surface area contributed by atoms with E-state index < -0.39 is 14.3 Å². The number of allylic oxidation sites excluding steroid dienone is 1. The first-order valence-corrected chi connectivity index (χ1v) is 12.9. The van der Waals surface area contributed by atoms with E-state index in [0.29, 0.717) is 5.56 Å². The Labute approximate surface area is 168 Å². The summed E-state index contributed by atoms with van der Waals surface area (Å²) >= 11 is 0. The summed E-state index contributed by atoms with van der Waals surface area (Å²) in [6.45, 7) is 11.0. The second-order valence-corrected chi connectivity index (χ2v) is 13.2. The summed E-state index contributed by atoms with van der Waals surface area (Å²) in [4.78, 5) is 11.4. The molecule has 0 saturated carbocycles. The molecule has 3 rings (SSSR count). The molecule has 4 heteroatoms. The first-order valence-electron chi connectivity index (χ1n) is 9.45. The number of carboxylic acid groups (broad SMARTS) is 1. The maximum atomic E-state index is 11.4. The average molecular weight is 391 g/mol. The molecule has 0 amide bonds. The molecule has 1 aliphatic rings. The maximum Gasteiger partial charge on any atom is 0.336 e. The molecule has 0 saturated heterocycles. The zero-order chi connectivity index (χ0) is 20.5. The van der Waals surface area contributed by atoms with Crippen molar-refractivity contribution in [3.8, 4) is 11.8 Å². The Morgan fingerprint density at radius 2 is 1.82 bits per heavy atom. The van der Waals surface area contributed by atoms with Gasteiger partial charge in [-0.3, -0.25) is 0 Å². The van der Waals surface area contributed by atoms with Crippen LogP contribution in [0.2, 0.25) is 19.6 Å². The fourth-order valence-electron chi connectivity index (χ4n) is 3.33. The average Bonchev–Trinajstić information content (AvgIpc) is 2.61. The highest BCUT2D eigenvalue weighted by Crippen LogP contribution is 2.40. The normalized spacial score (nSPS) is 15.0. The van der Waals surface area contributed by atoms with Gasteiger partial charge in [0, 0.05) is 16.7 Å². The lowest BCUT2D eigenvalue weighted by atomic mass is 9.75. The van der Waals surface area contributed by atoms with E-state index in [9.17, 15) is 9.90 Å². The predicted molar refractivity (Wildman–Crippen MR) is 116 cm³/mol. The lowest BCUT2D eigenvalue weighted by Gasteiger charge is -2.34. The zero-order valence-electron chi connectivity index (χ0n) is 17.1. The maximum absolute atomic E-state index is 11.4. The molecule has 0 atom stereocenters. The summed E-state index contributed by atoms with van der Waals surface area (Å²) in [6, 6.07) is 13.0. The van der Waals surface area contributed by atoms with Gasteiger partial charge in [-0.05, 0) is 67.4 Å². The molecule has 3 nitrogen and oxygen atoms in total. The van der Waals surface area contributed by atoms with Crippen molar-refractivity contribution in [1.82, 2.24) is 0 Å². The number of aromatic carboxylic acids is 1. The van der Waals surface area contributed by atoms with Crippen molar-refractivity contribution >= 4 is 20.0 Å². The molecule has 0 aromatic heterocycles. The Hall–Kier alpha value is -2.77. The van der Waals surface area contributed by atoms with Gasteiger partial charge < -0.3 is 9.53 Å². The second kappa shape index (κ2) is 7.33. The van der Waals surface area contributed by atoms with E-state index in [0.717, 1.165) is 23.3 Å². The zero-order valence-corrected chi connectivity index (χ0v) is 18.1. The van der Waals surface area contributed by atoms with Gasteiger partial charge in [-0.25, -0.2) is 4.79 Å². The number of rotatable bonds is 3. The molecule has 1 N–H and O–H groups in total. The van der Waals surface area contributed by atoms with Gasteiger partial charge in [-0.2, -0.15) is 0 Å². The quantitative estimate of drug-likeness (QED) is 0.543. The SMILES string of the molecule is CC1(C)CC=C(O[Si](C)(C)C)c2cc(C#Cc3ccccc3C(=O)O)ccc21. The van der Waals surface area contributed by atoms with E-state index in [4.69, 9.17) is 4.43 Å². The number of fused-ring (bicyclic) bond motifs is 1. The smallest absolute Gasteiger partial charge is 0.336 e. The topological polar surface area (TPSA) is 46.5 Å². The van der Waals surface area contributed by atoms with Gasteiger partial charge in [-0.15, -0.1) is 0 Å². The van der Waals surface area contributed by atoms with Gasteiger partial charge in [0.05, 0.1) is 5.56 Å². The third-order valence-corrected chi connectivity index (χ3v) is 5.56. The summed E-state index contributed by atoms with van der Waals surface area (Å²) in [5.41, 5.74) is 3.99. The number of benzene rings is 2. The van der Waals surface area contributed by atoms with Gasteiger partial charge in [-0.1, -0.05) is 43.9 Å². The summed E-state index contributed by atoms with van der Waals surface area (Å²) in [7, 11) is -1.74. The van der Waals surface area contributed by atoms with Gasteiger partial charge >= 0.3 is 5.97 Å². The number of carboxylic acids is 1. The van der Waals surface area contributed by atoms with Crippen molar-refractivity contribution in [1.29, 1.82) is 0 Å². The number of hydrogen-bond donors (Lipinski definition) is 1. The Morgan fingerprint density at radius 1 is 1.11 bits per heavy atom. The van der Waals surface area contributed by atoms with Crippen LogP contribution in [-0.2, 0) is 9.84 Å². The highest BCUT2D eigenvalue weighted by atomic mass is 28.4. The standard InChI is InChI=1S/C24H26O3Si/c1-24(2)15-14-22(27-28(3,4)5)20-16-17(11-13-21(20)24)10-12-18-8-6-7-9-19(18)23(25)26/h6-9,11,13-14,16H,15H2,1-5H3,(H,25,26). The largest absolute Gasteiger partial charge is 0.544 e.